The molecule has 1 aliphatic rings. The topological polar surface area (TPSA) is 102 Å². The Hall–Kier alpha value is -4.11. The highest BCUT2D eigenvalue weighted by Gasteiger charge is 2.23. The van der Waals surface area contributed by atoms with E-state index in [1.54, 1.807) is 30.5 Å². The molecule has 5 rings (SSSR count). The van der Waals surface area contributed by atoms with Crippen molar-refractivity contribution in [2.24, 2.45) is 0 Å². The van der Waals surface area contributed by atoms with Crippen molar-refractivity contribution < 1.29 is 19.0 Å². The summed E-state index contributed by atoms with van der Waals surface area (Å²) in [6.07, 6.45) is 5.94. The minimum absolute atomic E-state index is 0.0759. The van der Waals surface area contributed by atoms with E-state index >= 15 is 0 Å². The zero-order chi connectivity index (χ0) is 24.9. The number of rotatable bonds is 8. The van der Waals surface area contributed by atoms with Gasteiger partial charge in [-0.1, -0.05) is 12.1 Å². The van der Waals surface area contributed by atoms with Crippen LogP contribution in [0.15, 0.2) is 67.1 Å². The first-order valence-electron chi connectivity index (χ1n) is 11.9. The minimum atomic E-state index is -0.829. The number of imidazole rings is 1. The largest absolute Gasteiger partial charge is 0.481 e. The lowest BCUT2D eigenvalue weighted by molar-refractivity contribution is -0.136. The Morgan fingerprint density at radius 1 is 1.06 bits per heavy atom. The molecule has 0 saturated carbocycles. The van der Waals surface area contributed by atoms with Gasteiger partial charge < -0.3 is 19.7 Å². The molecule has 2 aromatic heterocycles. The van der Waals surface area contributed by atoms with Crippen LogP contribution in [0.5, 0.6) is 11.8 Å². The smallest absolute Gasteiger partial charge is 0.322 e. The van der Waals surface area contributed by atoms with E-state index in [4.69, 9.17) is 19.8 Å². The van der Waals surface area contributed by atoms with Gasteiger partial charge in [-0.2, -0.15) is 4.98 Å². The molecule has 36 heavy (non-hydrogen) atoms. The number of carboxylic acids is 1. The molecule has 0 spiro atoms. The van der Waals surface area contributed by atoms with Crippen LogP contribution in [0.1, 0.15) is 30.9 Å². The van der Waals surface area contributed by atoms with Crippen molar-refractivity contribution >= 4 is 5.97 Å². The first-order chi connectivity index (χ1) is 17.6. The van der Waals surface area contributed by atoms with Crippen molar-refractivity contribution in [2.75, 3.05) is 13.1 Å². The van der Waals surface area contributed by atoms with Crippen LogP contribution in [0, 0.1) is 5.82 Å². The van der Waals surface area contributed by atoms with Crippen molar-refractivity contribution in [3.05, 3.63) is 78.5 Å². The Labute approximate surface area is 207 Å². The lowest BCUT2D eigenvalue weighted by Gasteiger charge is -2.25. The lowest BCUT2D eigenvalue weighted by atomic mass is 10.0. The molecule has 2 aromatic carbocycles. The predicted molar refractivity (Wildman–Crippen MR) is 132 cm³/mol. The zero-order valence-corrected chi connectivity index (χ0v) is 19.6. The van der Waals surface area contributed by atoms with Crippen LogP contribution >= 0.6 is 0 Å². The summed E-state index contributed by atoms with van der Waals surface area (Å²) in [5.41, 5.74) is 3.94. The van der Waals surface area contributed by atoms with Crippen molar-refractivity contribution in [1.82, 2.24) is 24.8 Å². The van der Waals surface area contributed by atoms with Gasteiger partial charge in [-0.25, -0.2) is 14.4 Å². The van der Waals surface area contributed by atoms with E-state index in [9.17, 15) is 9.18 Å². The molecule has 2 N–H and O–H groups in total. The second-order valence-corrected chi connectivity index (χ2v) is 8.70. The Kier molecular flexibility index (Phi) is 6.99. The fourth-order valence-corrected chi connectivity index (χ4v) is 4.40. The summed E-state index contributed by atoms with van der Waals surface area (Å²) < 4.78 is 21.7. The fourth-order valence-electron chi connectivity index (χ4n) is 4.40. The summed E-state index contributed by atoms with van der Waals surface area (Å²) in [4.78, 5) is 24.5. The maximum absolute atomic E-state index is 13.6. The maximum Gasteiger partial charge on any atom is 0.322 e. The van der Waals surface area contributed by atoms with Gasteiger partial charge >= 0.3 is 12.0 Å². The number of ether oxygens (including phenoxy) is 1. The molecule has 4 aromatic rings. The van der Waals surface area contributed by atoms with E-state index in [2.05, 4.69) is 14.9 Å². The van der Waals surface area contributed by atoms with E-state index in [0.717, 1.165) is 48.4 Å². The lowest BCUT2D eigenvalue weighted by Crippen LogP contribution is -2.29. The highest BCUT2D eigenvalue weighted by Crippen LogP contribution is 2.35. The van der Waals surface area contributed by atoms with E-state index in [0.29, 0.717) is 17.9 Å². The standard InChI is InChI=1S/C27H26FN5O3/c28-20-6-4-19(5-7-20)25-26(33(17-31-25)21-11-14-29-15-12-21)23-13-16-30-27(32-23)36-22-8-1-18(2-9-22)3-10-24(34)35/h1-2,4-9,13,16-17,21,29H,3,10-12,14-15H2,(H,34,35). The zero-order valence-electron chi connectivity index (χ0n) is 19.6. The third-order valence-corrected chi connectivity index (χ3v) is 6.25. The van der Waals surface area contributed by atoms with Crippen LogP contribution in [0.2, 0.25) is 0 Å². The van der Waals surface area contributed by atoms with Crippen LogP contribution in [-0.4, -0.2) is 43.7 Å². The number of halogens is 1. The van der Waals surface area contributed by atoms with E-state index < -0.39 is 5.97 Å². The predicted octanol–water partition coefficient (Wildman–Crippen LogP) is 4.88. The second-order valence-electron chi connectivity index (χ2n) is 8.70. The molecule has 0 amide bonds. The van der Waals surface area contributed by atoms with Gasteiger partial charge in [0.25, 0.3) is 0 Å². The Morgan fingerprint density at radius 2 is 1.81 bits per heavy atom. The first kappa shape index (κ1) is 23.6. The number of nitrogens with zero attached hydrogens (tertiary/aromatic N) is 4. The SMILES string of the molecule is O=C(O)CCc1ccc(Oc2nccc(-c3c(-c4ccc(F)cc4)ncn3C3CCNCC3)n2)cc1. The Morgan fingerprint density at radius 3 is 2.53 bits per heavy atom. The monoisotopic (exact) mass is 487 g/mol. The van der Waals surface area contributed by atoms with Crippen molar-refractivity contribution in [1.29, 1.82) is 0 Å². The quantitative estimate of drug-likeness (QED) is 0.365. The minimum Gasteiger partial charge on any atom is -0.481 e. The number of piperidine rings is 1. The number of carboxylic acid groups (broad SMARTS) is 1. The molecule has 1 aliphatic heterocycles. The molecule has 0 atom stereocenters. The number of carbonyl (C=O) groups is 1. The van der Waals surface area contributed by atoms with Gasteiger partial charge in [0.15, 0.2) is 0 Å². The molecule has 184 valence electrons. The number of aryl methyl sites for hydroxylation is 1. The van der Waals surface area contributed by atoms with Gasteiger partial charge in [0.1, 0.15) is 11.6 Å². The molecule has 0 radical (unpaired) electrons. The summed E-state index contributed by atoms with van der Waals surface area (Å²) >= 11 is 0. The van der Waals surface area contributed by atoms with Gasteiger partial charge in [0.2, 0.25) is 0 Å². The molecule has 0 aliphatic carbocycles. The number of aliphatic carboxylic acids is 1. The molecule has 3 heterocycles. The molecular weight excluding hydrogens is 461 g/mol. The van der Waals surface area contributed by atoms with E-state index in [-0.39, 0.29) is 24.3 Å². The molecule has 8 nitrogen and oxygen atoms in total. The van der Waals surface area contributed by atoms with Gasteiger partial charge in [0.05, 0.1) is 23.4 Å². The van der Waals surface area contributed by atoms with Crippen LogP contribution in [-0.2, 0) is 11.2 Å². The molecule has 0 unspecified atom stereocenters. The molecule has 1 fully saturated rings. The highest BCUT2D eigenvalue weighted by molar-refractivity contribution is 5.77. The average molecular weight is 488 g/mol. The maximum atomic E-state index is 13.6. The van der Waals surface area contributed by atoms with Crippen LogP contribution in [0.3, 0.4) is 0 Å². The summed E-state index contributed by atoms with van der Waals surface area (Å²) in [7, 11) is 0. The van der Waals surface area contributed by atoms with Crippen LogP contribution in [0.4, 0.5) is 4.39 Å². The highest BCUT2D eigenvalue weighted by atomic mass is 19.1. The molecule has 1 saturated heterocycles. The number of benzene rings is 2. The van der Waals surface area contributed by atoms with Gasteiger partial charge in [-0.05, 0) is 80.4 Å². The normalized spacial score (nSPS) is 14.0. The van der Waals surface area contributed by atoms with Crippen LogP contribution < -0.4 is 10.1 Å². The Bertz CT molecular complexity index is 1330. The van der Waals surface area contributed by atoms with Gasteiger partial charge in [0, 0.05) is 24.2 Å². The third kappa shape index (κ3) is 5.41. The Balaban J connectivity index is 1.46. The average Bonchev–Trinajstić information content (AvgIpc) is 3.35. The molecule has 0 bridgehead atoms. The van der Waals surface area contributed by atoms with Crippen molar-refractivity contribution in [3.8, 4) is 34.4 Å². The van der Waals surface area contributed by atoms with Crippen molar-refractivity contribution in [2.45, 2.75) is 31.7 Å². The van der Waals surface area contributed by atoms with E-state index in [1.165, 1.54) is 12.1 Å². The summed E-state index contributed by atoms with van der Waals surface area (Å²) in [5, 5.41) is 12.3. The summed E-state index contributed by atoms with van der Waals surface area (Å²) in [6, 6.07) is 15.8. The second kappa shape index (κ2) is 10.7. The summed E-state index contributed by atoms with van der Waals surface area (Å²) in [6.45, 7) is 1.85. The third-order valence-electron chi connectivity index (χ3n) is 6.25. The number of hydrogen-bond acceptors (Lipinski definition) is 6. The number of nitrogens with one attached hydrogen (secondary N) is 1. The van der Waals surface area contributed by atoms with Gasteiger partial charge in [-0.15, -0.1) is 0 Å². The number of aromatic nitrogens is 4. The molecule has 9 heteroatoms. The molecular formula is C27H26FN5O3. The van der Waals surface area contributed by atoms with Crippen LogP contribution in [0.25, 0.3) is 22.6 Å². The fraction of sp³-hybridized carbons (Fsp3) is 0.259. The number of hydrogen-bond donors (Lipinski definition) is 2. The van der Waals surface area contributed by atoms with Gasteiger partial charge in [-0.3, -0.25) is 4.79 Å². The van der Waals surface area contributed by atoms with E-state index in [1.807, 2.05) is 24.5 Å². The van der Waals surface area contributed by atoms with Crippen molar-refractivity contribution in [3.63, 3.8) is 0 Å². The summed E-state index contributed by atoms with van der Waals surface area (Å²) in [5.74, 6) is -0.578. The first-order valence-corrected chi connectivity index (χ1v) is 11.9.